The van der Waals surface area contributed by atoms with E-state index in [0.29, 0.717) is 25.7 Å². The molecule has 17 nitrogen and oxygen atoms in total. The molecular formula is C81H150O17P2. The van der Waals surface area contributed by atoms with E-state index in [1.54, 1.807) is 0 Å². The monoisotopic (exact) mass is 1460 g/mol. The second kappa shape index (κ2) is 74.3. The molecule has 19 heteroatoms. The van der Waals surface area contributed by atoms with Crippen molar-refractivity contribution in [2.75, 3.05) is 39.6 Å². The number of hydrogen-bond acceptors (Lipinski definition) is 15. The highest BCUT2D eigenvalue weighted by Crippen LogP contribution is 2.45. The van der Waals surface area contributed by atoms with Gasteiger partial charge in [-0.05, 0) is 109 Å². The average molecular weight is 1460 g/mol. The summed E-state index contributed by atoms with van der Waals surface area (Å²) in [7, 11) is -9.94. The first-order chi connectivity index (χ1) is 48.7. The summed E-state index contributed by atoms with van der Waals surface area (Å²) in [5.41, 5.74) is 0. The van der Waals surface area contributed by atoms with Crippen molar-refractivity contribution in [2.45, 2.75) is 406 Å². The van der Waals surface area contributed by atoms with Gasteiger partial charge in [-0.1, -0.05) is 301 Å². The van der Waals surface area contributed by atoms with E-state index in [-0.39, 0.29) is 25.7 Å². The first-order valence-corrected chi connectivity index (χ1v) is 43.9. The summed E-state index contributed by atoms with van der Waals surface area (Å²) in [6.45, 7) is 4.89. The highest BCUT2D eigenvalue weighted by molar-refractivity contribution is 7.47. The summed E-state index contributed by atoms with van der Waals surface area (Å²) in [5, 5.41) is 10.6. The Morgan fingerprint density at radius 1 is 0.280 bits per heavy atom. The molecule has 0 aromatic carbocycles. The highest BCUT2D eigenvalue weighted by atomic mass is 31.2. The third kappa shape index (κ3) is 73.3. The second-order valence-electron chi connectivity index (χ2n) is 27.7. The molecule has 0 aliphatic carbocycles. The quantitative estimate of drug-likeness (QED) is 0.0169. The topological polar surface area (TPSA) is 237 Å². The van der Waals surface area contributed by atoms with Crippen LogP contribution in [0.4, 0.5) is 0 Å². The standard InChI is InChI=1S/C81H150O17P2/c1-5-9-13-17-21-25-29-33-37-41-45-49-53-57-61-65-78(83)91-71-76(97-80(85)67-63-59-55-51-47-43-39-35-31-27-23-19-15-11-7-3)73-95-99(87,88)93-69-75(82)70-94-100(89,90)96-74-77(98-81(86)68-64-60-56-52-48-44-40-36-32-28-24-20-16-12-8-4)72-92-79(84)66-62-58-54-50-46-42-38-34-30-26-22-18-14-10-6-2/h23,27-28,32-33,35,37,39,75-77,82H,5-22,24-26,29-31,34,36,38,40-74H2,1-4H3,(H,87,88)(H,89,90)/b27-23-,32-28-,37-33-,39-35-/t75-,76-,77-/m1/s1. The molecule has 5 atom stereocenters. The fourth-order valence-electron chi connectivity index (χ4n) is 11.5. The summed E-state index contributed by atoms with van der Waals surface area (Å²) in [5.74, 6) is -2.16. The zero-order valence-electron chi connectivity index (χ0n) is 64.1. The molecule has 0 fully saturated rings. The van der Waals surface area contributed by atoms with Gasteiger partial charge in [0.25, 0.3) is 0 Å². The van der Waals surface area contributed by atoms with Crippen molar-refractivity contribution < 1.29 is 80.2 Å². The molecule has 0 aliphatic rings. The van der Waals surface area contributed by atoms with Gasteiger partial charge >= 0.3 is 39.5 Å². The Balaban J connectivity index is 5.33. The van der Waals surface area contributed by atoms with Crippen LogP contribution in [0.5, 0.6) is 0 Å². The molecular weight excluding hydrogens is 1310 g/mol. The molecule has 3 N–H and O–H groups in total. The Hall–Kier alpha value is -2.98. The lowest BCUT2D eigenvalue weighted by molar-refractivity contribution is -0.161. The Bertz CT molecular complexity index is 2080. The van der Waals surface area contributed by atoms with E-state index in [1.165, 1.54) is 154 Å². The molecule has 586 valence electrons. The molecule has 0 aromatic heterocycles. The highest BCUT2D eigenvalue weighted by Gasteiger charge is 2.30. The fourth-order valence-corrected chi connectivity index (χ4v) is 13.1. The number of phosphoric ester groups is 2. The van der Waals surface area contributed by atoms with E-state index in [0.717, 1.165) is 154 Å². The number of phosphoric acid groups is 2. The van der Waals surface area contributed by atoms with Crippen molar-refractivity contribution in [1.82, 2.24) is 0 Å². The molecule has 0 rings (SSSR count). The van der Waals surface area contributed by atoms with Crippen molar-refractivity contribution in [3.8, 4) is 0 Å². The van der Waals surface area contributed by atoms with Crippen LogP contribution in [0.1, 0.15) is 387 Å². The van der Waals surface area contributed by atoms with E-state index >= 15 is 0 Å². The van der Waals surface area contributed by atoms with Crippen molar-refractivity contribution in [3.63, 3.8) is 0 Å². The SMILES string of the molecule is CCCCC/C=C\C/C=C\CCCCCCCC(=O)O[C@H](COC(=O)CCCCCCC/C=C\CCCCCCCC)COP(=O)(O)OC[C@@H](O)COP(=O)(O)OC[C@@H](COC(=O)CCCCCCCCCCCCCCCCC)OC(=O)CCCCCCCCC/C=C\CCCCCC. The van der Waals surface area contributed by atoms with Crippen LogP contribution in [0.25, 0.3) is 0 Å². The minimum Gasteiger partial charge on any atom is -0.462 e. The molecule has 0 bridgehead atoms. The normalized spacial score (nSPS) is 14.1. The fraction of sp³-hybridized carbons (Fsp3) is 0.852. The van der Waals surface area contributed by atoms with Gasteiger partial charge < -0.3 is 33.8 Å². The lowest BCUT2D eigenvalue weighted by Crippen LogP contribution is -2.30. The van der Waals surface area contributed by atoms with Gasteiger partial charge in [-0.3, -0.25) is 37.3 Å². The number of carbonyl (C=O) groups excluding carboxylic acids is 4. The Kier molecular flexibility index (Phi) is 72.1. The Labute approximate surface area is 610 Å². The van der Waals surface area contributed by atoms with Gasteiger partial charge in [0.1, 0.15) is 19.3 Å². The molecule has 0 amide bonds. The lowest BCUT2D eigenvalue weighted by atomic mass is 10.0. The molecule has 0 aromatic rings. The number of unbranched alkanes of at least 4 members (excludes halogenated alkanes) is 44. The second-order valence-corrected chi connectivity index (χ2v) is 30.6. The molecule has 0 radical (unpaired) electrons. The van der Waals surface area contributed by atoms with Gasteiger partial charge in [-0.2, -0.15) is 0 Å². The average Bonchev–Trinajstić information content (AvgIpc) is 1.25. The van der Waals surface area contributed by atoms with E-state index in [2.05, 4.69) is 76.3 Å². The van der Waals surface area contributed by atoms with Gasteiger partial charge in [0.15, 0.2) is 12.2 Å². The maximum atomic E-state index is 13.1. The van der Waals surface area contributed by atoms with Gasteiger partial charge in [0.2, 0.25) is 0 Å². The molecule has 0 saturated carbocycles. The number of aliphatic hydroxyl groups excluding tert-OH is 1. The summed E-state index contributed by atoms with van der Waals surface area (Å²) in [6, 6.07) is 0. The van der Waals surface area contributed by atoms with Crippen molar-refractivity contribution in [2.24, 2.45) is 0 Å². The number of hydrogen-bond donors (Lipinski definition) is 3. The molecule has 0 saturated heterocycles. The van der Waals surface area contributed by atoms with E-state index in [4.69, 9.17) is 37.0 Å². The first-order valence-electron chi connectivity index (χ1n) is 40.9. The maximum Gasteiger partial charge on any atom is 0.472 e. The van der Waals surface area contributed by atoms with Gasteiger partial charge in [-0.25, -0.2) is 9.13 Å². The number of esters is 4. The number of carbonyl (C=O) groups is 4. The molecule has 100 heavy (non-hydrogen) atoms. The van der Waals surface area contributed by atoms with Crippen molar-refractivity contribution in [3.05, 3.63) is 48.6 Å². The molecule has 0 spiro atoms. The minimum absolute atomic E-state index is 0.0823. The zero-order valence-corrected chi connectivity index (χ0v) is 65.9. The van der Waals surface area contributed by atoms with E-state index < -0.39 is 97.5 Å². The van der Waals surface area contributed by atoms with Crippen LogP contribution in [0.2, 0.25) is 0 Å². The third-order valence-electron chi connectivity index (χ3n) is 17.8. The molecule has 0 heterocycles. The van der Waals surface area contributed by atoms with Crippen LogP contribution in [0.3, 0.4) is 0 Å². The molecule has 0 aliphatic heterocycles. The number of aliphatic hydroxyl groups is 1. The predicted molar refractivity (Wildman–Crippen MR) is 409 cm³/mol. The van der Waals surface area contributed by atoms with Crippen LogP contribution in [-0.4, -0.2) is 96.7 Å². The summed E-state index contributed by atoms with van der Waals surface area (Å²) in [6.07, 6.45) is 72.2. The zero-order chi connectivity index (χ0) is 73.2. The van der Waals surface area contributed by atoms with Crippen LogP contribution in [0, 0.1) is 0 Å². The Morgan fingerprint density at radius 3 is 0.780 bits per heavy atom. The van der Waals surface area contributed by atoms with Crippen LogP contribution < -0.4 is 0 Å². The van der Waals surface area contributed by atoms with Crippen LogP contribution >= 0.6 is 15.6 Å². The van der Waals surface area contributed by atoms with Gasteiger partial charge in [0, 0.05) is 25.7 Å². The van der Waals surface area contributed by atoms with Crippen LogP contribution in [0.15, 0.2) is 48.6 Å². The summed E-state index contributed by atoms with van der Waals surface area (Å²) >= 11 is 0. The lowest BCUT2D eigenvalue weighted by Gasteiger charge is -2.21. The van der Waals surface area contributed by atoms with Gasteiger partial charge in [0.05, 0.1) is 26.4 Å². The maximum absolute atomic E-state index is 13.1. The third-order valence-corrected chi connectivity index (χ3v) is 19.7. The number of ether oxygens (including phenoxy) is 4. The minimum atomic E-state index is -4.97. The van der Waals surface area contributed by atoms with E-state index in [1.807, 2.05) is 0 Å². The smallest absolute Gasteiger partial charge is 0.462 e. The summed E-state index contributed by atoms with van der Waals surface area (Å²) < 4.78 is 68.7. The van der Waals surface area contributed by atoms with Crippen molar-refractivity contribution in [1.29, 1.82) is 0 Å². The number of rotatable bonds is 78. The largest absolute Gasteiger partial charge is 0.472 e. The van der Waals surface area contributed by atoms with Gasteiger partial charge in [-0.15, -0.1) is 0 Å². The van der Waals surface area contributed by atoms with E-state index in [9.17, 15) is 43.2 Å². The number of allylic oxidation sites excluding steroid dienone is 8. The van der Waals surface area contributed by atoms with Crippen LogP contribution in [-0.2, 0) is 65.4 Å². The first kappa shape index (κ1) is 97.0. The predicted octanol–water partition coefficient (Wildman–Crippen LogP) is 23.7. The van der Waals surface area contributed by atoms with Crippen molar-refractivity contribution >= 4 is 39.5 Å². The Morgan fingerprint density at radius 2 is 0.490 bits per heavy atom. The molecule has 2 unspecified atom stereocenters. The summed E-state index contributed by atoms with van der Waals surface area (Å²) in [4.78, 5) is 73.0.